The first-order valence-corrected chi connectivity index (χ1v) is 17.6. The van der Waals surface area contributed by atoms with Gasteiger partial charge in [0.1, 0.15) is 0 Å². The Labute approximate surface area is 264 Å². The van der Waals surface area contributed by atoms with E-state index in [0.29, 0.717) is 6.54 Å². The van der Waals surface area contributed by atoms with Crippen molar-refractivity contribution < 1.29 is 4.79 Å². The third-order valence-corrected chi connectivity index (χ3v) is 8.81. The van der Waals surface area contributed by atoms with E-state index in [1.54, 1.807) is 0 Å². The fourth-order valence-electron chi connectivity index (χ4n) is 6.11. The fourth-order valence-corrected chi connectivity index (χ4v) is 6.11. The Morgan fingerprint density at radius 1 is 0.837 bits per heavy atom. The molecule has 4 rings (SSSR count). The number of nitrogens with zero attached hydrogens (tertiary/aromatic N) is 3. The van der Waals surface area contributed by atoms with Crippen molar-refractivity contribution in [3.8, 4) is 0 Å². The molecule has 2 fully saturated rings. The summed E-state index contributed by atoms with van der Waals surface area (Å²) in [7, 11) is 0. The molecule has 2 aromatic carbocycles. The molecule has 2 heterocycles. The average Bonchev–Trinajstić information content (AvgIpc) is 3.54. The standard InChI is InChI=1S/C35H54N4O.C3H8/c1-4-5-6-9-30-10-14-32(15-11-30)35(40)39(34-19-25-38(26-20-34)24-18-29(2)3)28-31-12-16-33(17-13-31)36-21-27-37-22-7-8-23-37;1-3-2/h10-17,29,34,36H,4-9,18-28H2,1-3H3;3H2,1-2H3. The van der Waals surface area contributed by atoms with E-state index >= 15 is 0 Å². The predicted molar refractivity (Wildman–Crippen MR) is 185 cm³/mol. The third-order valence-electron chi connectivity index (χ3n) is 8.81. The van der Waals surface area contributed by atoms with Crippen LogP contribution in [0.5, 0.6) is 0 Å². The van der Waals surface area contributed by atoms with Gasteiger partial charge in [0.25, 0.3) is 5.91 Å². The van der Waals surface area contributed by atoms with Gasteiger partial charge in [-0.3, -0.25) is 4.79 Å². The van der Waals surface area contributed by atoms with E-state index < -0.39 is 0 Å². The van der Waals surface area contributed by atoms with E-state index in [1.807, 2.05) is 0 Å². The minimum atomic E-state index is 0.175. The van der Waals surface area contributed by atoms with Crippen LogP contribution in [-0.2, 0) is 13.0 Å². The number of nitrogens with one attached hydrogen (secondary N) is 1. The summed E-state index contributed by atoms with van der Waals surface area (Å²) in [6.07, 6.45) is 12.1. The molecule has 43 heavy (non-hydrogen) atoms. The maximum atomic E-state index is 13.9. The number of rotatable bonds is 15. The lowest BCUT2D eigenvalue weighted by Crippen LogP contribution is -2.47. The van der Waals surface area contributed by atoms with Crippen molar-refractivity contribution in [3.63, 3.8) is 0 Å². The van der Waals surface area contributed by atoms with Gasteiger partial charge in [-0.2, -0.15) is 0 Å². The summed E-state index contributed by atoms with van der Waals surface area (Å²) >= 11 is 0. The van der Waals surface area contributed by atoms with Gasteiger partial charge in [0.15, 0.2) is 0 Å². The molecule has 0 aliphatic carbocycles. The van der Waals surface area contributed by atoms with Gasteiger partial charge in [0.2, 0.25) is 0 Å². The van der Waals surface area contributed by atoms with Crippen LogP contribution in [-0.4, -0.2) is 72.5 Å². The first kappa shape index (κ1) is 35.1. The number of piperidine rings is 1. The number of hydrogen-bond acceptors (Lipinski definition) is 4. The molecule has 0 unspecified atom stereocenters. The number of benzene rings is 2. The monoisotopic (exact) mass is 590 g/mol. The summed E-state index contributed by atoms with van der Waals surface area (Å²) in [6, 6.07) is 17.5. The van der Waals surface area contributed by atoms with E-state index in [0.717, 1.165) is 62.6 Å². The van der Waals surface area contributed by atoms with Crippen LogP contribution >= 0.6 is 0 Å². The smallest absolute Gasteiger partial charge is 0.254 e. The highest BCUT2D eigenvalue weighted by Gasteiger charge is 2.29. The van der Waals surface area contributed by atoms with Crippen LogP contribution in [0.25, 0.3) is 0 Å². The number of hydrogen-bond donors (Lipinski definition) is 1. The topological polar surface area (TPSA) is 38.8 Å². The van der Waals surface area contributed by atoms with Crippen molar-refractivity contribution in [2.45, 2.75) is 111 Å². The molecule has 0 bridgehead atoms. The molecule has 0 spiro atoms. The van der Waals surface area contributed by atoms with Crippen LogP contribution in [0.3, 0.4) is 0 Å². The third kappa shape index (κ3) is 12.6. The van der Waals surface area contributed by atoms with Crippen LogP contribution in [0.2, 0.25) is 0 Å². The quantitative estimate of drug-likeness (QED) is 0.211. The molecule has 1 N–H and O–H groups in total. The largest absolute Gasteiger partial charge is 0.384 e. The van der Waals surface area contributed by atoms with Crippen molar-refractivity contribution in [2.24, 2.45) is 5.92 Å². The SMILES string of the molecule is CCC.CCCCCc1ccc(C(=O)N(Cc2ccc(NCCN3CCCC3)cc2)C2CCN(CCC(C)C)CC2)cc1. The minimum Gasteiger partial charge on any atom is -0.384 e. The highest BCUT2D eigenvalue weighted by Crippen LogP contribution is 2.23. The van der Waals surface area contributed by atoms with Crippen molar-refractivity contribution in [1.82, 2.24) is 14.7 Å². The van der Waals surface area contributed by atoms with Crippen LogP contribution in [0, 0.1) is 5.92 Å². The maximum absolute atomic E-state index is 13.9. The Bertz CT molecular complexity index is 1010. The molecule has 2 saturated heterocycles. The second-order valence-electron chi connectivity index (χ2n) is 13.2. The number of anilines is 1. The van der Waals surface area contributed by atoms with E-state index in [4.69, 9.17) is 0 Å². The van der Waals surface area contributed by atoms with Crippen LogP contribution in [0.15, 0.2) is 48.5 Å². The molecule has 240 valence electrons. The summed E-state index contributed by atoms with van der Waals surface area (Å²) < 4.78 is 0. The molecular weight excluding hydrogens is 528 g/mol. The fraction of sp³-hybridized carbons (Fsp3) is 0.658. The summed E-state index contributed by atoms with van der Waals surface area (Å²) in [5.41, 5.74) is 4.53. The first-order valence-electron chi connectivity index (χ1n) is 17.6. The van der Waals surface area contributed by atoms with Gasteiger partial charge in [-0.15, -0.1) is 0 Å². The van der Waals surface area contributed by atoms with Crippen molar-refractivity contribution in [3.05, 3.63) is 65.2 Å². The van der Waals surface area contributed by atoms with Crippen molar-refractivity contribution in [2.75, 3.05) is 51.1 Å². The Balaban J connectivity index is 0.00000162. The first-order chi connectivity index (χ1) is 20.9. The summed E-state index contributed by atoms with van der Waals surface area (Å²) in [4.78, 5) is 21.2. The van der Waals surface area contributed by atoms with E-state index in [-0.39, 0.29) is 11.9 Å². The number of carbonyl (C=O) groups is 1. The molecule has 2 aliphatic heterocycles. The second kappa shape index (κ2) is 19.8. The predicted octanol–water partition coefficient (Wildman–Crippen LogP) is 8.50. The second-order valence-corrected chi connectivity index (χ2v) is 13.2. The number of aryl methyl sites for hydroxylation is 1. The minimum absolute atomic E-state index is 0.175. The Morgan fingerprint density at radius 3 is 2.05 bits per heavy atom. The molecule has 0 saturated carbocycles. The zero-order chi connectivity index (χ0) is 30.9. The lowest BCUT2D eigenvalue weighted by Gasteiger charge is -2.39. The van der Waals surface area contributed by atoms with Gasteiger partial charge in [-0.1, -0.05) is 78.1 Å². The molecular formula is C38H62N4O. The molecule has 2 aliphatic rings. The number of carbonyl (C=O) groups excluding carboxylic acids is 1. The number of unbranched alkanes of at least 4 members (excludes halogenated alkanes) is 2. The molecule has 0 radical (unpaired) electrons. The summed E-state index contributed by atoms with van der Waals surface area (Å²) in [5, 5.41) is 3.58. The molecule has 0 aromatic heterocycles. The van der Waals surface area contributed by atoms with Crippen LogP contribution in [0.1, 0.15) is 114 Å². The molecule has 5 nitrogen and oxygen atoms in total. The highest BCUT2D eigenvalue weighted by molar-refractivity contribution is 5.94. The Morgan fingerprint density at radius 2 is 1.44 bits per heavy atom. The zero-order valence-electron chi connectivity index (χ0n) is 28.3. The summed E-state index contributed by atoms with van der Waals surface area (Å²) in [5.74, 6) is 0.909. The zero-order valence-corrected chi connectivity index (χ0v) is 28.3. The lowest BCUT2D eigenvalue weighted by molar-refractivity contribution is 0.0546. The average molecular weight is 591 g/mol. The van der Waals surface area contributed by atoms with Gasteiger partial charge in [-0.25, -0.2) is 0 Å². The summed E-state index contributed by atoms with van der Waals surface area (Å²) in [6.45, 7) is 19.7. The maximum Gasteiger partial charge on any atom is 0.254 e. The Hall–Kier alpha value is -2.37. The van der Waals surface area contributed by atoms with Crippen molar-refractivity contribution in [1.29, 1.82) is 0 Å². The molecule has 1 amide bonds. The van der Waals surface area contributed by atoms with Crippen LogP contribution in [0.4, 0.5) is 5.69 Å². The van der Waals surface area contributed by atoms with E-state index in [1.165, 1.54) is 75.7 Å². The number of likely N-dealkylation sites (tertiary alicyclic amines) is 2. The number of amides is 1. The molecule has 2 aromatic rings. The molecule has 5 heteroatoms. The Kier molecular flexibility index (Phi) is 16.2. The van der Waals surface area contributed by atoms with Gasteiger partial charge in [-0.05, 0) is 106 Å². The van der Waals surface area contributed by atoms with Gasteiger partial charge >= 0.3 is 0 Å². The van der Waals surface area contributed by atoms with Gasteiger partial charge in [0.05, 0.1) is 0 Å². The van der Waals surface area contributed by atoms with E-state index in [9.17, 15) is 4.79 Å². The highest BCUT2D eigenvalue weighted by atomic mass is 16.2. The lowest BCUT2D eigenvalue weighted by atomic mass is 9.99. The molecule has 0 atom stereocenters. The van der Waals surface area contributed by atoms with E-state index in [2.05, 4.69) is 103 Å². The van der Waals surface area contributed by atoms with Crippen LogP contribution < -0.4 is 5.32 Å². The van der Waals surface area contributed by atoms with Crippen molar-refractivity contribution >= 4 is 11.6 Å². The van der Waals surface area contributed by atoms with Gasteiger partial charge in [0, 0.05) is 50.0 Å². The van der Waals surface area contributed by atoms with Gasteiger partial charge < -0.3 is 20.0 Å². The normalized spacial score (nSPS) is 16.2.